The smallest absolute Gasteiger partial charge is 0.0667 e. The Hall–Kier alpha value is -0.590. The average molecular weight is 198 g/mol. The molecule has 0 saturated heterocycles. The summed E-state index contributed by atoms with van der Waals surface area (Å²) < 4.78 is 0. The number of nitrogens with zero attached hydrogens (tertiary/aromatic N) is 1. The van der Waals surface area contributed by atoms with E-state index in [2.05, 4.69) is 25.2 Å². The van der Waals surface area contributed by atoms with Gasteiger partial charge in [0.15, 0.2) is 0 Å². The van der Waals surface area contributed by atoms with Crippen LogP contribution < -0.4 is 5.32 Å². The van der Waals surface area contributed by atoms with Crippen LogP contribution in [0.2, 0.25) is 0 Å². The second-order valence-corrected chi connectivity index (χ2v) is 4.10. The highest BCUT2D eigenvalue weighted by Gasteiger charge is 2.05. The molecule has 0 aliphatic carbocycles. The maximum absolute atomic E-state index is 9.51. The number of aliphatic hydroxyl groups is 1. The van der Waals surface area contributed by atoms with Gasteiger partial charge in [-0.25, -0.2) is 0 Å². The minimum absolute atomic E-state index is 0.231. The third kappa shape index (κ3) is 9.50. The highest BCUT2D eigenvalue weighted by atomic mass is 16.3. The molecule has 0 rings (SSSR count). The molecule has 0 amide bonds. The maximum Gasteiger partial charge on any atom is 0.0667 e. The minimum Gasteiger partial charge on any atom is -0.392 e. The molecule has 0 saturated carbocycles. The Kier molecular flexibility index (Phi) is 8.61. The Balaban J connectivity index is 3.15. The summed E-state index contributed by atoms with van der Waals surface area (Å²) in [4.78, 5) is 0. The molecule has 2 N–H and O–H groups in total. The number of hydrogen-bond acceptors (Lipinski definition) is 3. The molecule has 3 heteroatoms. The summed E-state index contributed by atoms with van der Waals surface area (Å²) in [7, 11) is 0. The van der Waals surface area contributed by atoms with E-state index in [1.807, 2.05) is 0 Å². The SMILES string of the molecule is CC(C)CC(O)CNCCCCC#N. The molecule has 0 fully saturated rings. The van der Waals surface area contributed by atoms with Gasteiger partial charge < -0.3 is 10.4 Å². The fourth-order valence-corrected chi connectivity index (χ4v) is 1.35. The van der Waals surface area contributed by atoms with Crippen LogP contribution in [0.25, 0.3) is 0 Å². The van der Waals surface area contributed by atoms with Crippen molar-refractivity contribution in [2.24, 2.45) is 5.92 Å². The lowest BCUT2D eigenvalue weighted by atomic mass is 10.1. The second kappa shape index (κ2) is 8.98. The van der Waals surface area contributed by atoms with Crippen LogP contribution in [0, 0.1) is 17.2 Å². The van der Waals surface area contributed by atoms with Crippen LogP contribution in [0.4, 0.5) is 0 Å². The molecule has 0 aliphatic rings. The van der Waals surface area contributed by atoms with Crippen molar-refractivity contribution in [3.05, 3.63) is 0 Å². The van der Waals surface area contributed by atoms with Crippen LogP contribution >= 0.6 is 0 Å². The molecule has 14 heavy (non-hydrogen) atoms. The lowest BCUT2D eigenvalue weighted by molar-refractivity contribution is 0.146. The number of unbranched alkanes of at least 4 members (excludes halogenated alkanes) is 2. The predicted molar refractivity (Wildman–Crippen MR) is 57.8 cm³/mol. The van der Waals surface area contributed by atoms with Gasteiger partial charge in [0.1, 0.15) is 0 Å². The molecule has 0 aromatic heterocycles. The molecule has 82 valence electrons. The van der Waals surface area contributed by atoms with E-state index in [1.165, 1.54) is 0 Å². The van der Waals surface area contributed by atoms with Crippen molar-refractivity contribution in [3.63, 3.8) is 0 Å². The summed E-state index contributed by atoms with van der Waals surface area (Å²) in [6.45, 7) is 5.79. The van der Waals surface area contributed by atoms with Gasteiger partial charge in [-0.1, -0.05) is 13.8 Å². The lowest BCUT2D eigenvalue weighted by Crippen LogP contribution is -2.28. The highest BCUT2D eigenvalue weighted by Crippen LogP contribution is 2.03. The van der Waals surface area contributed by atoms with Crippen molar-refractivity contribution >= 4 is 0 Å². The van der Waals surface area contributed by atoms with Crippen LogP contribution in [-0.2, 0) is 0 Å². The number of aliphatic hydroxyl groups excluding tert-OH is 1. The molecule has 0 aliphatic heterocycles. The van der Waals surface area contributed by atoms with Crippen LogP contribution in [0.15, 0.2) is 0 Å². The molecule has 0 aromatic carbocycles. The van der Waals surface area contributed by atoms with E-state index in [1.54, 1.807) is 0 Å². The summed E-state index contributed by atoms with van der Waals surface area (Å²) in [5.41, 5.74) is 0. The highest BCUT2D eigenvalue weighted by molar-refractivity contribution is 4.68. The van der Waals surface area contributed by atoms with Gasteiger partial charge in [0, 0.05) is 13.0 Å². The largest absolute Gasteiger partial charge is 0.392 e. The molecule has 0 spiro atoms. The first-order valence-corrected chi connectivity index (χ1v) is 5.42. The zero-order valence-electron chi connectivity index (χ0n) is 9.29. The fraction of sp³-hybridized carbons (Fsp3) is 0.909. The molecular formula is C11H22N2O. The van der Waals surface area contributed by atoms with Gasteiger partial charge >= 0.3 is 0 Å². The number of nitriles is 1. The Morgan fingerprint density at radius 3 is 2.64 bits per heavy atom. The summed E-state index contributed by atoms with van der Waals surface area (Å²) in [6.07, 6.45) is 3.22. The fourth-order valence-electron chi connectivity index (χ4n) is 1.35. The molecular weight excluding hydrogens is 176 g/mol. The van der Waals surface area contributed by atoms with Gasteiger partial charge in [-0.15, -0.1) is 0 Å². The lowest BCUT2D eigenvalue weighted by Gasteiger charge is -2.13. The predicted octanol–water partition coefficient (Wildman–Crippen LogP) is 1.68. The van der Waals surface area contributed by atoms with E-state index < -0.39 is 0 Å². The van der Waals surface area contributed by atoms with Crippen molar-refractivity contribution in [1.29, 1.82) is 5.26 Å². The van der Waals surface area contributed by atoms with Crippen LogP contribution in [0.5, 0.6) is 0 Å². The molecule has 3 nitrogen and oxygen atoms in total. The summed E-state index contributed by atoms with van der Waals surface area (Å²) >= 11 is 0. The van der Waals surface area contributed by atoms with E-state index >= 15 is 0 Å². The standard InChI is InChI=1S/C11H22N2O/c1-10(2)8-11(14)9-13-7-5-3-4-6-12/h10-11,13-14H,3-5,7-9H2,1-2H3. The first-order valence-electron chi connectivity index (χ1n) is 5.42. The van der Waals surface area contributed by atoms with E-state index in [0.29, 0.717) is 18.9 Å². The molecule has 1 unspecified atom stereocenters. The van der Waals surface area contributed by atoms with E-state index in [4.69, 9.17) is 5.26 Å². The number of nitrogens with one attached hydrogen (secondary N) is 1. The number of hydrogen-bond donors (Lipinski definition) is 2. The summed E-state index contributed by atoms with van der Waals surface area (Å²) in [6, 6.07) is 2.12. The first-order chi connectivity index (χ1) is 6.66. The Bertz CT molecular complexity index is 163. The second-order valence-electron chi connectivity index (χ2n) is 4.10. The van der Waals surface area contributed by atoms with Gasteiger partial charge in [-0.2, -0.15) is 5.26 Å². The van der Waals surface area contributed by atoms with Gasteiger partial charge in [-0.3, -0.25) is 0 Å². The Labute approximate surface area is 87.1 Å². The third-order valence-electron chi connectivity index (χ3n) is 2.02. The molecule has 1 atom stereocenters. The molecule has 0 radical (unpaired) electrons. The van der Waals surface area contributed by atoms with Gasteiger partial charge in [0.2, 0.25) is 0 Å². The quantitative estimate of drug-likeness (QED) is 0.583. The van der Waals surface area contributed by atoms with Gasteiger partial charge in [0.05, 0.1) is 12.2 Å². The van der Waals surface area contributed by atoms with Crippen molar-refractivity contribution < 1.29 is 5.11 Å². The van der Waals surface area contributed by atoms with Crippen molar-refractivity contribution in [2.75, 3.05) is 13.1 Å². The zero-order valence-corrected chi connectivity index (χ0v) is 9.29. The van der Waals surface area contributed by atoms with E-state index in [0.717, 1.165) is 25.8 Å². The van der Waals surface area contributed by atoms with Crippen LogP contribution in [-0.4, -0.2) is 24.3 Å². The maximum atomic E-state index is 9.51. The third-order valence-corrected chi connectivity index (χ3v) is 2.02. The van der Waals surface area contributed by atoms with Crippen LogP contribution in [0.3, 0.4) is 0 Å². The van der Waals surface area contributed by atoms with Crippen molar-refractivity contribution in [2.45, 2.75) is 45.6 Å². The Morgan fingerprint density at radius 2 is 2.07 bits per heavy atom. The summed E-state index contributed by atoms with van der Waals surface area (Å²) in [5.74, 6) is 0.547. The topological polar surface area (TPSA) is 56.0 Å². The number of rotatable bonds is 8. The normalized spacial score (nSPS) is 12.8. The van der Waals surface area contributed by atoms with Crippen molar-refractivity contribution in [1.82, 2.24) is 5.32 Å². The zero-order chi connectivity index (χ0) is 10.8. The average Bonchev–Trinajstić information content (AvgIpc) is 2.10. The van der Waals surface area contributed by atoms with Crippen LogP contribution in [0.1, 0.15) is 39.5 Å². The molecule has 0 bridgehead atoms. The first kappa shape index (κ1) is 13.4. The van der Waals surface area contributed by atoms with E-state index in [-0.39, 0.29) is 6.10 Å². The minimum atomic E-state index is -0.231. The molecule has 0 heterocycles. The van der Waals surface area contributed by atoms with Gasteiger partial charge in [-0.05, 0) is 31.7 Å². The molecule has 0 aromatic rings. The summed E-state index contributed by atoms with van der Waals surface area (Å²) in [5, 5.41) is 21.0. The monoisotopic (exact) mass is 198 g/mol. The van der Waals surface area contributed by atoms with Gasteiger partial charge in [0.25, 0.3) is 0 Å². The van der Waals surface area contributed by atoms with E-state index in [9.17, 15) is 5.11 Å². The van der Waals surface area contributed by atoms with Crippen molar-refractivity contribution in [3.8, 4) is 6.07 Å². The Morgan fingerprint density at radius 1 is 1.36 bits per heavy atom.